The monoisotopic (exact) mass is 600 g/mol. The molecule has 3 aromatic rings. The van der Waals surface area contributed by atoms with Crippen molar-refractivity contribution in [3.8, 4) is 0 Å². The number of nitrogens with zero attached hydrogens (tertiary/aromatic N) is 5. The van der Waals surface area contributed by atoms with Crippen LogP contribution in [0.2, 0.25) is 10.2 Å². The lowest BCUT2D eigenvalue weighted by molar-refractivity contribution is 0.0607. The summed E-state index contributed by atoms with van der Waals surface area (Å²) >= 11 is 12.5. The topological polar surface area (TPSA) is 99.9 Å². The van der Waals surface area contributed by atoms with Crippen LogP contribution in [0.15, 0.2) is 30.3 Å². The number of carbonyl (C=O) groups is 1. The molecule has 1 amide bonds. The van der Waals surface area contributed by atoms with Gasteiger partial charge in [-0.25, -0.2) is 22.2 Å². The number of rotatable bonds is 6. The van der Waals surface area contributed by atoms with Gasteiger partial charge in [0.25, 0.3) is 5.91 Å². The van der Waals surface area contributed by atoms with Crippen molar-refractivity contribution in [2.75, 3.05) is 35.5 Å². The van der Waals surface area contributed by atoms with E-state index in [0.717, 1.165) is 19.1 Å². The van der Waals surface area contributed by atoms with E-state index in [1.807, 2.05) is 4.90 Å². The van der Waals surface area contributed by atoms with E-state index in [-0.39, 0.29) is 28.9 Å². The minimum Gasteiger partial charge on any atom is -0.356 e. The number of anilines is 2. The number of fused-ring (bicyclic) bond motifs is 1. The van der Waals surface area contributed by atoms with Crippen LogP contribution in [-0.4, -0.2) is 66.1 Å². The number of sulfonamides is 1. The fourth-order valence-corrected chi connectivity index (χ4v) is 6.31. The molecule has 2 aliphatic rings. The number of piperidine rings is 2. The summed E-state index contributed by atoms with van der Waals surface area (Å²) in [6.07, 6.45) is 1.93. The van der Waals surface area contributed by atoms with Crippen molar-refractivity contribution in [3.05, 3.63) is 51.8 Å². The van der Waals surface area contributed by atoms with Gasteiger partial charge in [-0.05, 0) is 50.3 Å². The van der Waals surface area contributed by atoms with Gasteiger partial charge >= 0.3 is 0 Å². The second-order valence-corrected chi connectivity index (χ2v) is 12.6. The second-order valence-electron chi connectivity index (χ2n) is 10.0. The standard InChI is InChI=1S/C25H28Cl2F2N6O3S/c1-39(37,38)32-18-8-7-16(26)11-17(18)25(36)34-10-3-2-6-20(34)19-12-22-30-21(27)13-23(35(22)31-19)33-9-4-5-15(14-33)24(28)29/h7-8,11-13,15,20,24,32H,2-6,9-10,14H2,1H3/t15-,20+/m1/s1. The van der Waals surface area contributed by atoms with Gasteiger partial charge in [-0.3, -0.25) is 9.52 Å². The fraction of sp³-hybridized carbons (Fsp3) is 0.480. The number of amides is 1. The van der Waals surface area contributed by atoms with Crippen molar-refractivity contribution in [3.63, 3.8) is 0 Å². The van der Waals surface area contributed by atoms with Crippen molar-refractivity contribution in [2.45, 2.75) is 44.6 Å². The molecule has 0 spiro atoms. The van der Waals surface area contributed by atoms with Crippen LogP contribution >= 0.6 is 23.2 Å². The maximum atomic E-state index is 13.8. The summed E-state index contributed by atoms with van der Waals surface area (Å²) in [5, 5.41) is 5.30. The predicted molar refractivity (Wildman–Crippen MR) is 146 cm³/mol. The third kappa shape index (κ3) is 6.07. The molecule has 9 nitrogen and oxygen atoms in total. The van der Waals surface area contributed by atoms with E-state index in [1.165, 1.54) is 18.2 Å². The molecule has 0 bridgehead atoms. The fourth-order valence-electron chi connectivity index (χ4n) is 5.38. The highest BCUT2D eigenvalue weighted by atomic mass is 35.5. The van der Waals surface area contributed by atoms with E-state index in [9.17, 15) is 22.0 Å². The molecular weight excluding hydrogens is 573 g/mol. The maximum Gasteiger partial charge on any atom is 0.256 e. The first-order chi connectivity index (χ1) is 18.5. The van der Waals surface area contributed by atoms with Crippen LogP contribution in [0.4, 0.5) is 20.3 Å². The Hall–Kier alpha value is -2.70. The number of carbonyl (C=O) groups excluding carboxylic acids is 1. The zero-order valence-corrected chi connectivity index (χ0v) is 23.5. The van der Waals surface area contributed by atoms with Gasteiger partial charge in [-0.15, -0.1) is 0 Å². The number of alkyl halides is 2. The summed E-state index contributed by atoms with van der Waals surface area (Å²) in [6.45, 7) is 1.21. The molecule has 0 unspecified atom stereocenters. The third-order valence-electron chi connectivity index (χ3n) is 7.15. The average molecular weight is 602 g/mol. The van der Waals surface area contributed by atoms with E-state index in [2.05, 4.69) is 9.71 Å². The molecule has 0 radical (unpaired) electrons. The molecule has 39 heavy (non-hydrogen) atoms. The number of benzene rings is 1. The normalized spacial score (nSPS) is 20.6. The van der Waals surface area contributed by atoms with Crippen LogP contribution in [0, 0.1) is 5.92 Å². The Morgan fingerprint density at radius 1 is 1.10 bits per heavy atom. The predicted octanol–water partition coefficient (Wildman–Crippen LogP) is 5.26. The number of nitrogens with one attached hydrogen (secondary N) is 1. The zero-order valence-electron chi connectivity index (χ0n) is 21.2. The molecule has 1 N–H and O–H groups in total. The van der Waals surface area contributed by atoms with Crippen LogP contribution in [-0.2, 0) is 10.0 Å². The molecule has 0 aliphatic carbocycles. The van der Waals surface area contributed by atoms with Crippen LogP contribution in [0.5, 0.6) is 0 Å². The number of likely N-dealkylation sites (tertiary alicyclic amines) is 1. The van der Waals surface area contributed by atoms with E-state index in [1.54, 1.807) is 21.5 Å². The Labute approximate surface area is 235 Å². The van der Waals surface area contributed by atoms with Crippen molar-refractivity contribution in [1.82, 2.24) is 19.5 Å². The second kappa shape index (κ2) is 11.1. The highest BCUT2D eigenvalue weighted by molar-refractivity contribution is 7.92. The van der Waals surface area contributed by atoms with E-state index >= 15 is 0 Å². The van der Waals surface area contributed by atoms with Gasteiger partial charge in [0, 0.05) is 42.7 Å². The van der Waals surface area contributed by atoms with Crippen molar-refractivity contribution < 1.29 is 22.0 Å². The van der Waals surface area contributed by atoms with Gasteiger partial charge in [-0.2, -0.15) is 9.61 Å². The molecule has 210 valence electrons. The van der Waals surface area contributed by atoms with Crippen LogP contribution in [0.25, 0.3) is 5.65 Å². The summed E-state index contributed by atoms with van der Waals surface area (Å²) in [5.74, 6) is -0.549. The molecule has 4 heterocycles. The number of halogens is 4. The molecule has 2 fully saturated rings. The largest absolute Gasteiger partial charge is 0.356 e. The Balaban J connectivity index is 1.51. The lowest BCUT2D eigenvalue weighted by Gasteiger charge is -2.35. The Morgan fingerprint density at radius 3 is 2.64 bits per heavy atom. The summed E-state index contributed by atoms with van der Waals surface area (Å²) in [5.41, 5.74) is 1.31. The van der Waals surface area contributed by atoms with E-state index in [0.29, 0.717) is 54.5 Å². The smallest absolute Gasteiger partial charge is 0.256 e. The lowest BCUT2D eigenvalue weighted by Crippen LogP contribution is -2.39. The van der Waals surface area contributed by atoms with Crippen LogP contribution in [0.1, 0.15) is 54.2 Å². The maximum absolute atomic E-state index is 13.8. The molecule has 5 rings (SSSR count). The summed E-state index contributed by atoms with van der Waals surface area (Å²) in [4.78, 5) is 21.7. The molecule has 1 aromatic carbocycles. The summed E-state index contributed by atoms with van der Waals surface area (Å²) in [6, 6.07) is 7.38. The first-order valence-corrected chi connectivity index (χ1v) is 15.3. The van der Waals surface area contributed by atoms with E-state index in [4.69, 9.17) is 28.3 Å². The molecule has 2 aliphatic heterocycles. The Kier molecular flexibility index (Phi) is 7.89. The minimum absolute atomic E-state index is 0.136. The van der Waals surface area contributed by atoms with Crippen molar-refractivity contribution in [1.29, 1.82) is 0 Å². The van der Waals surface area contributed by atoms with Gasteiger partial charge in [0.15, 0.2) is 5.65 Å². The van der Waals surface area contributed by atoms with Gasteiger partial charge in [0.2, 0.25) is 16.4 Å². The number of aromatic nitrogens is 3. The molecule has 2 atom stereocenters. The molecule has 2 aromatic heterocycles. The van der Waals surface area contributed by atoms with Crippen molar-refractivity contribution in [2.24, 2.45) is 5.92 Å². The van der Waals surface area contributed by atoms with Gasteiger partial charge < -0.3 is 9.80 Å². The Morgan fingerprint density at radius 2 is 1.90 bits per heavy atom. The third-order valence-corrected chi connectivity index (χ3v) is 8.17. The highest BCUT2D eigenvalue weighted by Crippen LogP contribution is 2.35. The lowest BCUT2D eigenvalue weighted by atomic mass is 9.98. The molecule has 14 heteroatoms. The minimum atomic E-state index is -3.64. The Bertz CT molecular complexity index is 1500. The van der Waals surface area contributed by atoms with Gasteiger partial charge in [0.05, 0.1) is 29.2 Å². The van der Waals surface area contributed by atoms with Crippen molar-refractivity contribution >= 4 is 56.3 Å². The molecular formula is C25H28Cl2F2N6O3S. The molecule has 0 saturated carbocycles. The molecule has 2 saturated heterocycles. The first kappa shape index (κ1) is 27.9. The van der Waals surface area contributed by atoms with Crippen LogP contribution in [0.3, 0.4) is 0 Å². The average Bonchev–Trinajstić information content (AvgIpc) is 3.32. The highest BCUT2D eigenvalue weighted by Gasteiger charge is 2.33. The van der Waals surface area contributed by atoms with E-state index < -0.39 is 28.4 Å². The van der Waals surface area contributed by atoms with Gasteiger partial charge in [0.1, 0.15) is 11.0 Å². The quantitative estimate of drug-likeness (QED) is 0.388. The zero-order chi connectivity index (χ0) is 27.9. The first-order valence-electron chi connectivity index (χ1n) is 12.7. The van der Waals surface area contributed by atoms with Crippen LogP contribution < -0.4 is 9.62 Å². The van der Waals surface area contributed by atoms with Gasteiger partial charge in [-0.1, -0.05) is 23.2 Å². The summed E-state index contributed by atoms with van der Waals surface area (Å²) in [7, 11) is -3.64. The SMILES string of the molecule is CS(=O)(=O)Nc1ccc(Cl)cc1C(=O)N1CCCC[C@H]1c1cc2nc(Cl)cc(N3CCC[C@@H](C(F)F)C3)n2n1. The summed E-state index contributed by atoms with van der Waals surface area (Å²) < 4.78 is 54.8. The number of hydrogen-bond donors (Lipinski definition) is 1. The number of hydrogen-bond acceptors (Lipinski definition) is 6.